The minimum absolute atomic E-state index is 0.185. The van der Waals surface area contributed by atoms with Gasteiger partial charge >= 0.3 is 0 Å². The van der Waals surface area contributed by atoms with E-state index >= 15 is 0 Å². The molecule has 0 spiro atoms. The Balaban J connectivity index is 2.15. The van der Waals surface area contributed by atoms with E-state index in [9.17, 15) is 0 Å². The number of rotatable bonds is 3. The molecule has 2 aromatic carbocycles. The summed E-state index contributed by atoms with van der Waals surface area (Å²) >= 11 is 0. The lowest BCUT2D eigenvalue weighted by Gasteiger charge is -2.27. The third kappa shape index (κ3) is 2.92. The van der Waals surface area contributed by atoms with E-state index in [0.717, 1.165) is 6.42 Å². The summed E-state index contributed by atoms with van der Waals surface area (Å²) in [4.78, 5) is 0. The first-order chi connectivity index (χ1) is 10.6. The van der Waals surface area contributed by atoms with Gasteiger partial charge in [-0.3, -0.25) is 0 Å². The third-order valence-electron chi connectivity index (χ3n) is 4.39. The summed E-state index contributed by atoms with van der Waals surface area (Å²) in [6.07, 6.45) is 5.70. The van der Waals surface area contributed by atoms with E-state index in [1.54, 1.807) is 5.57 Å². The van der Waals surface area contributed by atoms with Gasteiger partial charge in [-0.2, -0.15) is 0 Å². The molecule has 0 heteroatoms. The zero-order chi connectivity index (χ0) is 15.6. The van der Waals surface area contributed by atoms with Crippen molar-refractivity contribution in [3.63, 3.8) is 0 Å². The van der Waals surface area contributed by atoms with Crippen LogP contribution >= 0.6 is 0 Å². The molecule has 0 N–H and O–H groups in total. The maximum Gasteiger partial charge on any atom is 0.0308 e. The standard InChI is InChI=1S/C22H24/c1-22(2,3)20-16-10-15-19(20)21(17-11-6-4-7-12-17)18-13-8-5-9-14-18/h4-14,16,21H,15H2,1-3H3. The van der Waals surface area contributed by atoms with Gasteiger partial charge in [-0.25, -0.2) is 0 Å². The van der Waals surface area contributed by atoms with E-state index in [1.165, 1.54) is 16.7 Å². The Morgan fingerprint density at radius 3 is 1.73 bits per heavy atom. The third-order valence-corrected chi connectivity index (χ3v) is 4.39. The highest BCUT2D eigenvalue weighted by Crippen LogP contribution is 2.43. The van der Waals surface area contributed by atoms with E-state index in [-0.39, 0.29) is 5.41 Å². The van der Waals surface area contributed by atoms with Gasteiger partial charge in [-0.05, 0) is 28.5 Å². The molecule has 0 saturated heterocycles. The normalized spacial score (nSPS) is 14.9. The topological polar surface area (TPSA) is 0 Å². The molecule has 0 amide bonds. The first-order valence-electron chi connectivity index (χ1n) is 8.07. The Kier molecular flexibility index (Phi) is 4.02. The molecule has 0 aliphatic heterocycles. The zero-order valence-electron chi connectivity index (χ0n) is 13.7. The predicted octanol–water partition coefficient (Wildman–Crippen LogP) is 6.12. The van der Waals surface area contributed by atoms with Gasteiger partial charge in [0.15, 0.2) is 0 Å². The SMILES string of the molecule is CC(C)(C)C1=C(C(c2ccccc2)c2ccccc2)CC=C1. The fourth-order valence-corrected chi connectivity index (χ4v) is 3.41. The second kappa shape index (κ2) is 5.96. The Morgan fingerprint density at radius 1 is 0.773 bits per heavy atom. The average Bonchev–Trinajstić information content (AvgIpc) is 2.99. The van der Waals surface area contributed by atoms with Crippen molar-refractivity contribution in [1.29, 1.82) is 0 Å². The molecule has 1 aliphatic rings. The van der Waals surface area contributed by atoms with Crippen LogP contribution in [0.25, 0.3) is 0 Å². The molecule has 1 aliphatic carbocycles. The summed E-state index contributed by atoms with van der Waals surface area (Å²) in [5, 5.41) is 0. The van der Waals surface area contributed by atoms with Crippen molar-refractivity contribution in [3.05, 3.63) is 95.1 Å². The van der Waals surface area contributed by atoms with Crippen LogP contribution in [-0.4, -0.2) is 0 Å². The fraction of sp³-hybridized carbons (Fsp3) is 0.273. The van der Waals surface area contributed by atoms with Crippen LogP contribution < -0.4 is 0 Å². The number of allylic oxidation sites excluding steroid dienone is 4. The van der Waals surface area contributed by atoms with E-state index in [1.807, 2.05) is 0 Å². The van der Waals surface area contributed by atoms with Crippen molar-refractivity contribution < 1.29 is 0 Å². The molecule has 22 heavy (non-hydrogen) atoms. The van der Waals surface area contributed by atoms with Crippen LogP contribution in [0.3, 0.4) is 0 Å². The highest BCUT2D eigenvalue weighted by atomic mass is 14.3. The van der Waals surface area contributed by atoms with Gasteiger partial charge < -0.3 is 0 Å². The number of benzene rings is 2. The molecular formula is C22H24. The van der Waals surface area contributed by atoms with E-state index in [2.05, 4.69) is 93.6 Å². The van der Waals surface area contributed by atoms with Gasteiger partial charge in [-0.15, -0.1) is 0 Å². The van der Waals surface area contributed by atoms with Crippen molar-refractivity contribution in [2.75, 3.05) is 0 Å². The lowest BCUT2D eigenvalue weighted by molar-refractivity contribution is 0.510. The van der Waals surface area contributed by atoms with E-state index < -0.39 is 0 Å². The van der Waals surface area contributed by atoms with Crippen molar-refractivity contribution in [2.45, 2.75) is 33.1 Å². The minimum atomic E-state index is 0.185. The molecular weight excluding hydrogens is 264 g/mol. The highest BCUT2D eigenvalue weighted by molar-refractivity contribution is 5.49. The van der Waals surface area contributed by atoms with Crippen molar-refractivity contribution >= 4 is 0 Å². The van der Waals surface area contributed by atoms with Crippen molar-refractivity contribution in [3.8, 4) is 0 Å². The summed E-state index contributed by atoms with van der Waals surface area (Å²) in [5.41, 5.74) is 5.99. The second-order valence-electron chi connectivity index (χ2n) is 7.05. The molecule has 3 rings (SSSR count). The molecule has 0 nitrogen and oxygen atoms in total. The number of hydrogen-bond donors (Lipinski definition) is 0. The van der Waals surface area contributed by atoms with Gasteiger partial charge in [0.1, 0.15) is 0 Å². The van der Waals surface area contributed by atoms with Gasteiger partial charge in [-0.1, -0.05) is 99.2 Å². The average molecular weight is 288 g/mol. The maximum atomic E-state index is 2.33. The van der Waals surface area contributed by atoms with E-state index in [4.69, 9.17) is 0 Å². The molecule has 0 atom stereocenters. The predicted molar refractivity (Wildman–Crippen MR) is 95.0 cm³/mol. The Labute approximate surface area is 134 Å². The first-order valence-corrected chi connectivity index (χ1v) is 8.07. The summed E-state index contributed by atoms with van der Waals surface area (Å²) < 4.78 is 0. The smallest absolute Gasteiger partial charge is 0.0308 e. The first kappa shape index (κ1) is 14.8. The molecule has 0 radical (unpaired) electrons. The summed E-state index contributed by atoms with van der Waals surface area (Å²) in [5.74, 6) is 0.353. The lowest BCUT2D eigenvalue weighted by Crippen LogP contribution is -2.13. The molecule has 2 aromatic rings. The summed E-state index contributed by atoms with van der Waals surface area (Å²) in [6.45, 7) is 6.93. The van der Waals surface area contributed by atoms with Crippen molar-refractivity contribution in [1.82, 2.24) is 0 Å². The number of hydrogen-bond acceptors (Lipinski definition) is 0. The Morgan fingerprint density at radius 2 is 1.27 bits per heavy atom. The highest BCUT2D eigenvalue weighted by Gasteiger charge is 2.28. The Hall–Kier alpha value is -2.08. The quantitative estimate of drug-likeness (QED) is 0.638. The van der Waals surface area contributed by atoms with Crippen LogP contribution in [0, 0.1) is 5.41 Å². The van der Waals surface area contributed by atoms with Gasteiger partial charge in [0.05, 0.1) is 0 Å². The summed E-state index contributed by atoms with van der Waals surface area (Å²) in [7, 11) is 0. The molecule has 0 saturated carbocycles. The maximum absolute atomic E-state index is 2.33. The minimum Gasteiger partial charge on any atom is -0.0801 e. The molecule has 0 bridgehead atoms. The van der Waals surface area contributed by atoms with Crippen LogP contribution in [0.1, 0.15) is 44.2 Å². The van der Waals surface area contributed by atoms with Crippen molar-refractivity contribution in [2.24, 2.45) is 5.41 Å². The molecule has 0 aromatic heterocycles. The van der Waals surface area contributed by atoms with Crippen LogP contribution in [0.4, 0.5) is 0 Å². The summed E-state index contributed by atoms with van der Waals surface area (Å²) in [6, 6.07) is 21.8. The Bertz CT molecular complexity index is 642. The largest absolute Gasteiger partial charge is 0.0801 e. The van der Waals surface area contributed by atoms with Crippen LogP contribution in [0.15, 0.2) is 84.0 Å². The van der Waals surface area contributed by atoms with Crippen LogP contribution in [0.5, 0.6) is 0 Å². The fourth-order valence-electron chi connectivity index (χ4n) is 3.41. The van der Waals surface area contributed by atoms with Crippen LogP contribution in [-0.2, 0) is 0 Å². The monoisotopic (exact) mass is 288 g/mol. The second-order valence-corrected chi connectivity index (χ2v) is 7.05. The molecule has 112 valence electrons. The lowest BCUT2D eigenvalue weighted by atomic mass is 9.77. The molecule has 0 heterocycles. The zero-order valence-corrected chi connectivity index (χ0v) is 13.7. The van der Waals surface area contributed by atoms with Gasteiger partial charge in [0.2, 0.25) is 0 Å². The van der Waals surface area contributed by atoms with Gasteiger partial charge in [0.25, 0.3) is 0 Å². The van der Waals surface area contributed by atoms with Gasteiger partial charge in [0, 0.05) is 5.92 Å². The molecule has 0 fully saturated rings. The molecule has 0 unspecified atom stereocenters. The van der Waals surface area contributed by atoms with E-state index in [0.29, 0.717) is 5.92 Å². The van der Waals surface area contributed by atoms with Crippen LogP contribution in [0.2, 0.25) is 0 Å².